The molecule has 9 heteroatoms. The lowest BCUT2D eigenvalue weighted by Gasteiger charge is -2.28. The van der Waals surface area contributed by atoms with Crippen LogP contribution < -0.4 is 5.32 Å². The van der Waals surface area contributed by atoms with E-state index in [0.29, 0.717) is 11.6 Å². The largest absolute Gasteiger partial charge is 0.416 e. The fourth-order valence-corrected chi connectivity index (χ4v) is 3.29. The lowest BCUT2D eigenvalue weighted by atomic mass is 10.1. The van der Waals surface area contributed by atoms with Crippen LogP contribution in [0.3, 0.4) is 0 Å². The van der Waals surface area contributed by atoms with Crippen molar-refractivity contribution in [2.45, 2.75) is 46.3 Å². The molecule has 0 aliphatic heterocycles. The molecular formula is C19H22F3N3O2S. The highest BCUT2D eigenvalue weighted by Gasteiger charge is 2.31. The lowest BCUT2D eigenvalue weighted by Crippen LogP contribution is -2.43. The molecule has 0 aliphatic rings. The highest BCUT2D eigenvalue weighted by Crippen LogP contribution is 2.29. The van der Waals surface area contributed by atoms with E-state index in [-0.39, 0.29) is 18.2 Å². The molecule has 1 aromatic carbocycles. The van der Waals surface area contributed by atoms with Gasteiger partial charge in [-0.05, 0) is 51.5 Å². The van der Waals surface area contributed by atoms with Crippen LogP contribution >= 0.6 is 11.3 Å². The molecule has 2 rings (SSSR count). The lowest BCUT2D eigenvalue weighted by molar-refractivity contribution is -0.137. The molecule has 0 aliphatic carbocycles. The van der Waals surface area contributed by atoms with Gasteiger partial charge in [-0.1, -0.05) is 6.92 Å². The molecule has 2 amide bonds. The average molecular weight is 413 g/mol. The number of benzene rings is 1. The van der Waals surface area contributed by atoms with E-state index in [0.717, 1.165) is 34.8 Å². The summed E-state index contributed by atoms with van der Waals surface area (Å²) in [7, 11) is 0. The Hall–Kier alpha value is -2.42. The van der Waals surface area contributed by atoms with Crippen molar-refractivity contribution in [2.75, 3.05) is 11.9 Å². The number of thiazole rings is 1. The average Bonchev–Trinajstić information content (AvgIpc) is 2.95. The number of anilines is 1. The number of nitrogens with one attached hydrogen (secondary N) is 1. The smallest absolute Gasteiger partial charge is 0.327 e. The zero-order valence-electron chi connectivity index (χ0n) is 16.1. The van der Waals surface area contributed by atoms with E-state index < -0.39 is 23.6 Å². The maximum Gasteiger partial charge on any atom is 0.416 e. The van der Waals surface area contributed by atoms with Crippen LogP contribution in [-0.4, -0.2) is 34.3 Å². The van der Waals surface area contributed by atoms with Crippen molar-refractivity contribution < 1.29 is 22.8 Å². The quantitative estimate of drug-likeness (QED) is 0.749. The molecule has 2 aromatic rings. The van der Waals surface area contributed by atoms with Gasteiger partial charge in [0.25, 0.3) is 5.91 Å². The molecule has 5 nitrogen and oxygen atoms in total. The molecule has 28 heavy (non-hydrogen) atoms. The summed E-state index contributed by atoms with van der Waals surface area (Å²) in [5, 5.41) is 3.12. The molecule has 1 N–H and O–H groups in total. The van der Waals surface area contributed by atoms with Gasteiger partial charge in [0.2, 0.25) is 5.91 Å². The van der Waals surface area contributed by atoms with Crippen molar-refractivity contribution in [3.8, 4) is 0 Å². The van der Waals surface area contributed by atoms with E-state index in [1.165, 1.54) is 16.2 Å². The zero-order chi connectivity index (χ0) is 21.1. The Labute approximate surface area is 165 Å². The van der Waals surface area contributed by atoms with Gasteiger partial charge in [-0.3, -0.25) is 9.59 Å². The third kappa shape index (κ3) is 5.31. The number of aromatic nitrogens is 1. The van der Waals surface area contributed by atoms with Crippen molar-refractivity contribution in [3.05, 3.63) is 46.0 Å². The third-order valence-corrected chi connectivity index (χ3v) is 5.42. The highest BCUT2D eigenvalue weighted by atomic mass is 32.1. The molecule has 0 saturated heterocycles. The molecule has 152 valence electrons. The van der Waals surface area contributed by atoms with Crippen molar-refractivity contribution in [1.82, 2.24) is 9.88 Å². The number of amides is 2. The van der Waals surface area contributed by atoms with Crippen LogP contribution in [0.15, 0.2) is 24.3 Å². The molecule has 1 unspecified atom stereocenters. The molecule has 0 radical (unpaired) electrons. The molecule has 0 fully saturated rings. The summed E-state index contributed by atoms with van der Waals surface area (Å²) in [6.07, 6.45) is -3.88. The van der Waals surface area contributed by atoms with Gasteiger partial charge in [0.15, 0.2) is 5.13 Å². The number of carbonyl (C=O) groups excluding carboxylic acids is 2. The normalized spacial score (nSPS) is 12.5. The van der Waals surface area contributed by atoms with Crippen LogP contribution in [0.4, 0.5) is 18.3 Å². The third-order valence-electron chi connectivity index (χ3n) is 4.43. The predicted octanol–water partition coefficient (Wildman–Crippen LogP) is 4.66. The van der Waals surface area contributed by atoms with Crippen LogP contribution in [0.2, 0.25) is 0 Å². The minimum Gasteiger partial charge on any atom is -0.327 e. The minimum atomic E-state index is -4.47. The van der Waals surface area contributed by atoms with Crippen molar-refractivity contribution in [3.63, 3.8) is 0 Å². The summed E-state index contributed by atoms with van der Waals surface area (Å²) in [5.41, 5.74) is 0.0911. The number of aryl methyl sites for hydroxylation is 2. The van der Waals surface area contributed by atoms with Gasteiger partial charge in [0.05, 0.1) is 11.3 Å². The van der Waals surface area contributed by atoms with Crippen molar-refractivity contribution >= 4 is 28.3 Å². The number of nitrogens with zero attached hydrogens (tertiary/aromatic N) is 2. The van der Waals surface area contributed by atoms with Gasteiger partial charge < -0.3 is 10.2 Å². The maximum atomic E-state index is 12.8. The highest BCUT2D eigenvalue weighted by molar-refractivity contribution is 7.15. The number of halogens is 3. The first kappa shape index (κ1) is 21.9. The first-order valence-corrected chi connectivity index (χ1v) is 9.56. The van der Waals surface area contributed by atoms with Crippen LogP contribution in [-0.2, 0) is 11.0 Å². The Kier molecular flexibility index (Phi) is 6.82. The standard InChI is InChI=1S/C19H22F3N3O2S/c1-5-11(2)25(10-16(26)24-18-23-12(3)13(4)28-18)17(27)14-6-8-15(9-7-14)19(20,21)22/h6-9,11H,5,10H2,1-4H3,(H,23,24,26). The van der Waals surface area contributed by atoms with Gasteiger partial charge in [0.1, 0.15) is 6.54 Å². The first-order valence-electron chi connectivity index (χ1n) is 8.75. The summed E-state index contributed by atoms with van der Waals surface area (Å²) in [4.78, 5) is 31.8. The first-order chi connectivity index (χ1) is 13.0. The second-order valence-corrected chi connectivity index (χ2v) is 7.68. The predicted molar refractivity (Wildman–Crippen MR) is 102 cm³/mol. The van der Waals surface area contributed by atoms with E-state index in [1.807, 2.05) is 20.8 Å². The van der Waals surface area contributed by atoms with Gasteiger partial charge in [0, 0.05) is 16.5 Å². The summed E-state index contributed by atoms with van der Waals surface area (Å²) < 4.78 is 38.2. The number of carbonyl (C=O) groups is 2. The number of alkyl halides is 3. The number of hydrogen-bond donors (Lipinski definition) is 1. The van der Waals surface area contributed by atoms with E-state index in [9.17, 15) is 22.8 Å². The summed E-state index contributed by atoms with van der Waals surface area (Å²) in [5.74, 6) is -0.904. The molecular weight excluding hydrogens is 391 g/mol. The minimum absolute atomic E-state index is 0.0991. The Bertz CT molecular complexity index is 828. The van der Waals surface area contributed by atoms with E-state index in [4.69, 9.17) is 0 Å². The van der Waals surface area contributed by atoms with Crippen molar-refractivity contribution in [1.29, 1.82) is 0 Å². The topological polar surface area (TPSA) is 62.3 Å². The number of hydrogen-bond acceptors (Lipinski definition) is 4. The maximum absolute atomic E-state index is 12.8. The van der Waals surface area contributed by atoms with Crippen LogP contribution in [0, 0.1) is 13.8 Å². The Balaban J connectivity index is 2.15. The summed E-state index contributed by atoms with van der Waals surface area (Å²) in [6.45, 7) is 7.16. The zero-order valence-corrected chi connectivity index (χ0v) is 16.9. The van der Waals surface area contributed by atoms with E-state index >= 15 is 0 Å². The summed E-state index contributed by atoms with van der Waals surface area (Å²) in [6, 6.07) is 3.73. The molecule has 0 spiro atoms. The molecule has 0 saturated carbocycles. The van der Waals surface area contributed by atoms with Crippen LogP contribution in [0.1, 0.15) is 46.8 Å². The van der Waals surface area contributed by atoms with Gasteiger partial charge in [-0.2, -0.15) is 13.2 Å². The fourth-order valence-electron chi connectivity index (χ4n) is 2.46. The van der Waals surface area contributed by atoms with Crippen molar-refractivity contribution in [2.24, 2.45) is 0 Å². The van der Waals surface area contributed by atoms with Gasteiger partial charge >= 0.3 is 6.18 Å². The molecule has 1 heterocycles. The van der Waals surface area contributed by atoms with Crippen LogP contribution in [0.5, 0.6) is 0 Å². The van der Waals surface area contributed by atoms with Gasteiger partial charge in [-0.25, -0.2) is 4.98 Å². The van der Waals surface area contributed by atoms with Gasteiger partial charge in [-0.15, -0.1) is 11.3 Å². The monoisotopic (exact) mass is 413 g/mol. The summed E-state index contributed by atoms with van der Waals surface area (Å²) >= 11 is 1.34. The van der Waals surface area contributed by atoms with E-state index in [2.05, 4.69) is 10.3 Å². The fraction of sp³-hybridized carbons (Fsp3) is 0.421. The van der Waals surface area contributed by atoms with E-state index in [1.54, 1.807) is 6.92 Å². The second-order valence-electron chi connectivity index (χ2n) is 6.47. The Morgan fingerprint density at radius 1 is 1.21 bits per heavy atom. The molecule has 1 aromatic heterocycles. The number of rotatable bonds is 6. The molecule has 1 atom stereocenters. The Morgan fingerprint density at radius 2 is 1.82 bits per heavy atom. The second kappa shape index (κ2) is 8.72. The SMILES string of the molecule is CCC(C)N(CC(=O)Nc1nc(C)c(C)s1)C(=O)c1ccc(C(F)(F)F)cc1. The Morgan fingerprint density at radius 3 is 2.29 bits per heavy atom. The van der Waals surface area contributed by atoms with Crippen LogP contribution in [0.25, 0.3) is 0 Å². The molecule has 0 bridgehead atoms.